The summed E-state index contributed by atoms with van der Waals surface area (Å²) in [5.74, 6) is 0.229. The van der Waals surface area contributed by atoms with Crippen LogP contribution in [-0.4, -0.2) is 48.4 Å². The molecule has 1 amide bonds. The monoisotopic (exact) mass is 409 g/mol. The van der Waals surface area contributed by atoms with Crippen molar-refractivity contribution < 1.29 is 4.79 Å². The summed E-state index contributed by atoms with van der Waals surface area (Å²) in [4.78, 5) is 17.2. The Bertz CT molecular complexity index is 522. The summed E-state index contributed by atoms with van der Waals surface area (Å²) in [6.45, 7) is 8.78. The average molecular weight is 411 g/mol. The zero-order valence-corrected chi connectivity index (χ0v) is 17.4. The standard InChI is InChI=1S/C18H28ClN3O.2ClH/c1-3-18(4-2,14-20)17(23)22-10-8-21(9-11-22)13-15-6-5-7-16(19)12-15;;/h5-7,12H,3-4,8-11,13-14,20H2,1-2H3;2*1H. The molecule has 1 saturated heterocycles. The highest BCUT2D eigenvalue weighted by Gasteiger charge is 2.37. The molecule has 1 heterocycles. The van der Waals surface area contributed by atoms with Crippen LogP contribution in [0.1, 0.15) is 32.3 Å². The van der Waals surface area contributed by atoms with Crippen molar-refractivity contribution in [1.82, 2.24) is 9.80 Å². The highest BCUT2D eigenvalue weighted by atomic mass is 35.5. The van der Waals surface area contributed by atoms with Gasteiger partial charge in [-0.1, -0.05) is 37.6 Å². The molecular formula is C18H30Cl3N3O. The van der Waals surface area contributed by atoms with Gasteiger partial charge in [-0.05, 0) is 30.5 Å². The van der Waals surface area contributed by atoms with Crippen molar-refractivity contribution in [2.75, 3.05) is 32.7 Å². The highest BCUT2D eigenvalue weighted by molar-refractivity contribution is 6.30. The topological polar surface area (TPSA) is 49.6 Å². The molecule has 7 heteroatoms. The van der Waals surface area contributed by atoms with Crippen molar-refractivity contribution in [3.05, 3.63) is 34.9 Å². The van der Waals surface area contributed by atoms with E-state index in [4.69, 9.17) is 17.3 Å². The third-order valence-corrected chi connectivity index (χ3v) is 5.39. The first-order valence-electron chi connectivity index (χ1n) is 8.51. The molecule has 0 radical (unpaired) electrons. The molecule has 0 spiro atoms. The first-order valence-corrected chi connectivity index (χ1v) is 8.88. The van der Waals surface area contributed by atoms with E-state index >= 15 is 0 Å². The van der Waals surface area contributed by atoms with Crippen molar-refractivity contribution in [2.24, 2.45) is 11.1 Å². The van der Waals surface area contributed by atoms with Crippen LogP contribution in [0.2, 0.25) is 5.02 Å². The van der Waals surface area contributed by atoms with Gasteiger partial charge in [0.2, 0.25) is 5.91 Å². The van der Waals surface area contributed by atoms with Crippen LogP contribution < -0.4 is 5.73 Å². The molecule has 1 aliphatic heterocycles. The largest absolute Gasteiger partial charge is 0.340 e. The number of carbonyl (C=O) groups excluding carboxylic acids is 1. The van der Waals surface area contributed by atoms with Crippen LogP contribution in [0.15, 0.2) is 24.3 Å². The third kappa shape index (κ3) is 6.00. The molecule has 1 aliphatic rings. The van der Waals surface area contributed by atoms with Crippen LogP contribution in [0.3, 0.4) is 0 Å². The van der Waals surface area contributed by atoms with Crippen LogP contribution in [0.5, 0.6) is 0 Å². The van der Waals surface area contributed by atoms with E-state index < -0.39 is 0 Å². The summed E-state index contributed by atoms with van der Waals surface area (Å²) in [6.07, 6.45) is 1.61. The molecule has 1 fully saturated rings. The number of rotatable bonds is 6. The Labute approximate surface area is 168 Å². The molecule has 4 nitrogen and oxygen atoms in total. The van der Waals surface area contributed by atoms with Gasteiger partial charge in [0.1, 0.15) is 0 Å². The molecule has 0 saturated carbocycles. The maximum atomic E-state index is 12.8. The smallest absolute Gasteiger partial charge is 0.230 e. The van der Waals surface area contributed by atoms with Crippen molar-refractivity contribution in [2.45, 2.75) is 33.2 Å². The second kappa shape index (κ2) is 11.2. The predicted octanol–water partition coefficient (Wildman–Crippen LogP) is 3.59. The van der Waals surface area contributed by atoms with E-state index in [0.29, 0.717) is 6.54 Å². The van der Waals surface area contributed by atoms with Gasteiger partial charge < -0.3 is 10.6 Å². The SMILES string of the molecule is CCC(CC)(CN)C(=O)N1CCN(Cc2cccc(Cl)c2)CC1.Cl.Cl. The number of amides is 1. The average Bonchev–Trinajstić information content (AvgIpc) is 2.57. The van der Waals surface area contributed by atoms with E-state index in [1.165, 1.54) is 5.56 Å². The van der Waals surface area contributed by atoms with Gasteiger partial charge in [0.15, 0.2) is 0 Å². The van der Waals surface area contributed by atoms with Crippen molar-refractivity contribution in [3.63, 3.8) is 0 Å². The number of hydrogen-bond donors (Lipinski definition) is 1. The van der Waals surface area contributed by atoms with Gasteiger partial charge in [-0.3, -0.25) is 9.69 Å². The van der Waals surface area contributed by atoms with Crippen LogP contribution in [0.4, 0.5) is 0 Å². The van der Waals surface area contributed by atoms with E-state index in [1.54, 1.807) is 0 Å². The van der Waals surface area contributed by atoms with Gasteiger partial charge in [-0.2, -0.15) is 0 Å². The number of hydrogen-bond acceptors (Lipinski definition) is 3. The summed E-state index contributed by atoms with van der Waals surface area (Å²) in [5, 5.41) is 0.773. The minimum Gasteiger partial charge on any atom is -0.340 e. The molecule has 2 N–H and O–H groups in total. The van der Waals surface area contributed by atoms with Gasteiger partial charge in [-0.15, -0.1) is 24.8 Å². The van der Waals surface area contributed by atoms with Gasteiger partial charge >= 0.3 is 0 Å². The van der Waals surface area contributed by atoms with E-state index in [1.807, 2.05) is 23.1 Å². The van der Waals surface area contributed by atoms with E-state index in [9.17, 15) is 4.79 Å². The van der Waals surface area contributed by atoms with Crippen LogP contribution in [-0.2, 0) is 11.3 Å². The quantitative estimate of drug-likeness (QED) is 0.779. The van der Waals surface area contributed by atoms with Crippen LogP contribution in [0.25, 0.3) is 0 Å². The maximum Gasteiger partial charge on any atom is 0.230 e. The Morgan fingerprint density at radius 1 is 1.16 bits per heavy atom. The van der Waals surface area contributed by atoms with Crippen molar-refractivity contribution in [1.29, 1.82) is 0 Å². The van der Waals surface area contributed by atoms with Crippen LogP contribution >= 0.6 is 36.4 Å². The Morgan fingerprint density at radius 2 is 1.76 bits per heavy atom. The van der Waals surface area contributed by atoms with Gasteiger partial charge in [0, 0.05) is 44.3 Å². The molecule has 1 aromatic rings. The molecule has 1 aromatic carbocycles. The zero-order valence-electron chi connectivity index (χ0n) is 15.0. The van der Waals surface area contributed by atoms with Crippen LogP contribution in [0, 0.1) is 5.41 Å². The first kappa shape index (κ1) is 24.5. The number of carbonyl (C=O) groups is 1. The van der Waals surface area contributed by atoms with E-state index in [-0.39, 0.29) is 36.1 Å². The lowest BCUT2D eigenvalue weighted by Crippen LogP contribution is -2.54. The zero-order chi connectivity index (χ0) is 16.9. The Balaban J connectivity index is 0.00000288. The van der Waals surface area contributed by atoms with E-state index in [0.717, 1.165) is 50.6 Å². The fourth-order valence-corrected chi connectivity index (χ4v) is 3.48. The van der Waals surface area contributed by atoms with Gasteiger partial charge in [-0.25, -0.2) is 0 Å². The summed E-state index contributed by atoms with van der Waals surface area (Å²) in [6, 6.07) is 7.98. The lowest BCUT2D eigenvalue weighted by atomic mass is 9.81. The predicted molar refractivity (Wildman–Crippen MR) is 110 cm³/mol. The number of piperazine rings is 1. The second-order valence-corrected chi connectivity index (χ2v) is 6.83. The molecular weight excluding hydrogens is 381 g/mol. The summed E-state index contributed by atoms with van der Waals surface area (Å²) >= 11 is 6.04. The minimum absolute atomic E-state index is 0. The van der Waals surface area contributed by atoms with Gasteiger partial charge in [0.05, 0.1) is 5.41 Å². The summed E-state index contributed by atoms with van der Waals surface area (Å²) in [5.41, 5.74) is 6.75. The maximum absolute atomic E-state index is 12.8. The lowest BCUT2D eigenvalue weighted by molar-refractivity contribution is -0.144. The number of halogens is 3. The normalized spacial score (nSPS) is 15.3. The Hall–Kier alpha value is -0.520. The fourth-order valence-electron chi connectivity index (χ4n) is 3.27. The highest BCUT2D eigenvalue weighted by Crippen LogP contribution is 2.28. The Morgan fingerprint density at radius 3 is 2.24 bits per heavy atom. The molecule has 0 atom stereocenters. The van der Waals surface area contributed by atoms with E-state index in [2.05, 4.69) is 24.8 Å². The number of nitrogens with zero attached hydrogens (tertiary/aromatic N) is 2. The third-order valence-electron chi connectivity index (χ3n) is 5.15. The first-order chi connectivity index (χ1) is 11.0. The minimum atomic E-state index is -0.380. The van der Waals surface area contributed by atoms with Gasteiger partial charge in [0.25, 0.3) is 0 Å². The molecule has 0 aromatic heterocycles. The number of benzene rings is 1. The summed E-state index contributed by atoms with van der Waals surface area (Å²) in [7, 11) is 0. The lowest BCUT2D eigenvalue weighted by Gasteiger charge is -2.40. The molecule has 0 bridgehead atoms. The van der Waals surface area contributed by atoms with Crippen molar-refractivity contribution in [3.8, 4) is 0 Å². The van der Waals surface area contributed by atoms with Crippen molar-refractivity contribution >= 4 is 42.3 Å². The molecule has 2 rings (SSSR count). The molecule has 0 aliphatic carbocycles. The Kier molecular flexibility index (Phi) is 11.0. The molecule has 25 heavy (non-hydrogen) atoms. The fraction of sp³-hybridized carbons (Fsp3) is 0.611. The molecule has 144 valence electrons. The second-order valence-electron chi connectivity index (χ2n) is 6.39. The summed E-state index contributed by atoms with van der Waals surface area (Å²) < 4.78 is 0. The molecule has 0 unspecified atom stereocenters. The number of nitrogens with two attached hydrogens (primary N) is 1.